The fourth-order valence-electron chi connectivity index (χ4n) is 3.12. The molecule has 0 spiro atoms. The van der Waals surface area contributed by atoms with Crippen molar-refractivity contribution in [2.75, 3.05) is 6.54 Å². The van der Waals surface area contributed by atoms with Gasteiger partial charge in [0, 0.05) is 18.0 Å². The Hall–Kier alpha value is -1.06. The molecule has 0 radical (unpaired) electrons. The number of rotatable bonds is 6. The smallest absolute Gasteiger partial charge is 0.226 e. The van der Waals surface area contributed by atoms with Crippen molar-refractivity contribution in [3.63, 3.8) is 0 Å². The van der Waals surface area contributed by atoms with E-state index in [1.54, 1.807) is 0 Å². The van der Waals surface area contributed by atoms with Crippen LogP contribution in [0.25, 0.3) is 0 Å². The van der Waals surface area contributed by atoms with Crippen LogP contribution in [0.1, 0.15) is 51.1 Å². The molecule has 1 saturated carbocycles. The molecule has 2 rings (SSSR count). The number of hydrogen-bond acceptors (Lipinski definition) is 2. The van der Waals surface area contributed by atoms with Crippen LogP contribution in [0.5, 0.6) is 0 Å². The van der Waals surface area contributed by atoms with Crippen LogP contribution in [0.15, 0.2) is 30.3 Å². The van der Waals surface area contributed by atoms with Crippen LogP contribution in [0.2, 0.25) is 0 Å². The summed E-state index contributed by atoms with van der Waals surface area (Å²) in [5.74, 6) is 0.757. The van der Waals surface area contributed by atoms with Crippen LogP contribution in [-0.2, 0) is 4.79 Å². The van der Waals surface area contributed by atoms with Crippen LogP contribution in [-0.4, -0.2) is 12.5 Å². The average Bonchev–Trinajstić information content (AvgIpc) is 2.40. The molecule has 1 aromatic rings. The lowest BCUT2D eigenvalue weighted by Crippen LogP contribution is -2.48. The number of carbonyl (C=O) groups is 1. The fourth-order valence-corrected chi connectivity index (χ4v) is 3.12. The largest absolute Gasteiger partial charge is 0.354 e. The lowest BCUT2D eigenvalue weighted by molar-refractivity contribution is -0.137. The molecule has 1 aliphatic carbocycles. The minimum Gasteiger partial charge on any atom is -0.354 e. The number of nitrogens with one attached hydrogen (secondary N) is 1. The minimum atomic E-state index is -0.128. The lowest BCUT2D eigenvalue weighted by Gasteiger charge is -2.41. The quantitative estimate of drug-likeness (QED) is 0.845. The minimum absolute atomic E-state index is 0. The highest BCUT2D eigenvalue weighted by atomic mass is 35.5. The third kappa shape index (κ3) is 4.45. The Morgan fingerprint density at radius 3 is 2.38 bits per heavy atom. The molecule has 4 heteroatoms. The summed E-state index contributed by atoms with van der Waals surface area (Å²) in [6, 6.07) is 9.80. The molecule has 1 fully saturated rings. The van der Waals surface area contributed by atoms with Crippen molar-refractivity contribution < 1.29 is 4.79 Å². The molecule has 3 N–H and O–H groups in total. The van der Waals surface area contributed by atoms with Crippen LogP contribution >= 0.6 is 12.4 Å². The molecular formula is C17H27ClN2O. The molecular weight excluding hydrogens is 284 g/mol. The summed E-state index contributed by atoms with van der Waals surface area (Å²) in [6.07, 6.45) is 4.21. The van der Waals surface area contributed by atoms with E-state index in [-0.39, 0.29) is 29.8 Å². The highest BCUT2D eigenvalue weighted by Crippen LogP contribution is 2.46. The topological polar surface area (TPSA) is 55.1 Å². The van der Waals surface area contributed by atoms with Gasteiger partial charge in [0.1, 0.15) is 0 Å². The van der Waals surface area contributed by atoms with E-state index in [1.807, 2.05) is 30.3 Å². The van der Waals surface area contributed by atoms with Gasteiger partial charge in [-0.1, -0.05) is 50.6 Å². The van der Waals surface area contributed by atoms with Gasteiger partial charge in [0.2, 0.25) is 5.91 Å². The zero-order valence-corrected chi connectivity index (χ0v) is 13.8. The Morgan fingerprint density at radius 2 is 1.90 bits per heavy atom. The van der Waals surface area contributed by atoms with Crippen LogP contribution < -0.4 is 11.1 Å². The molecule has 1 aliphatic rings. The number of carbonyl (C=O) groups excluding carboxylic acids is 1. The van der Waals surface area contributed by atoms with Crippen LogP contribution in [0, 0.1) is 11.3 Å². The summed E-state index contributed by atoms with van der Waals surface area (Å²) in [4.78, 5) is 12.5. The van der Waals surface area contributed by atoms with Crippen molar-refractivity contribution in [1.82, 2.24) is 5.32 Å². The molecule has 0 aromatic heterocycles. The maximum absolute atomic E-state index is 12.5. The third-order valence-electron chi connectivity index (χ3n) is 4.30. The first-order chi connectivity index (χ1) is 9.53. The van der Waals surface area contributed by atoms with E-state index in [0.717, 1.165) is 24.8 Å². The predicted octanol–water partition coefficient (Wildman–Crippen LogP) is 3.44. The van der Waals surface area contributed by atoms with Crippen molar-refractivity contribution in [2.45, 2.75) is 45.6 Å². The molecule has 0 heterocycles. The van der Waals surface area contributed by atoms with Gasteiger partial charge in [0.05, 0.1) is 0 Å². The van der Waals surface area contributed by atoms with Gasteiger partial charge in [-0.15, -0.1) is 12.4 Å². The van der Waals surface area contributed by atoms with Gasteiger partial charge in [-0.3, -0.25) is 4.79 Å². The van der Waals surface area contributed by atoms with Gasteiger partial charge in [-0.25, -0.2) is 0 Å². The van der Waals surface area contributed by atoms with E-state index in [1.165, 1.54) is 6.42 Å². The zero-order chi connectivity index (χ0) is 14.6. The van der Waals surface area contributed by atoms with Gasteiger partial charge in [-0.05, 0) is 30.7 Å². The lowest BCUT2D eigenvalue weighted by atomic mass is 9.64. The Labute approximate surface area is 134 Å². The predicted molar refractivity (Wildman–Crippen MR) is 89.4 cm³/mol. The Bertz CT molecular complexity index is 443. The summed E-state index contributed by atoms with van der Waals surface area (Å²) in [5, 5.41) is 3.07. The van der Waals surface area contributed by atoms with Gasteiger partial charge < -0.3 is 11.1 Å². The maximum Gasteiger partial charge on any atom is 0.226 e. The summed E-state index contributed by atoms with van der Waals surface area (Å²) in [7, 11) is 0. The number of halogens is 1. The maximum atomic E-state index is 12.5. The molecule has 1 unspecified atom stereocenters. The van der Waals surface area contributed by atoms with Gasteiger partial charge >= 0.3 is 0 Å². The van der Waals surface area contributed by atoms with E-state index in [0.29, 0.717) is 12.5 Å². The van der Waals surface area contributed by atoms with Crippen molar-refractivity contribution in [3.8, 4) is 0 Å². The summed E-state index contributed by atoms with van der Waals surface area (Å²) in [5.41, 5.74) is 7.08. The molecule has 0 bridgehead atoms. The Balaban J connectivity index is 0.00000220. The SMILES string of the molecule is CC(C)CC1(C(=O)NCC(N)c2ccccc2)CCC1.Cl. The van der Waals surface area contributed by atoms with Gasteiger partial charge in [-0.2, -0.15) is 0 Å². The second-order valence-corrected chi connectivity index (χ2v) is 6.46. The van der Waals surface area contributed by atoms with Crippen molar-refractivity contribution >= 4 is 18.3 Å². The van der Waals surface area contributed by atoms with Crippen LogP contribution in [0.4, 0.5) is 0 Å². The molecule has 1 atom stereocenters. The number of amides is 1. The Kier molecular flexibility index (Phi) is 6.69. The normalized spacial score (nSPS) is 17.5. The second kappa shape index (κ2) is 7.81. The standard InChI is InChI=1S/C17H26N2O.ClH/c1-13(2)11-17(9-6-10-17)16(20)19-12-15(18)14-7-4-3-5-8-14;/h3-5,7-8,13,15H,6,9-12,18H2,1-2H3,(H,19,20);1H. The first-order valence-electron chi connectivity index (χ1n) is 7.62. The molecule has 1 amide bonds. The molecule has 3 nitrogen and oxygen atoms in total. The van der Waals surface area contributed by atoms with E-state index >= 15 is 0 Å². The Morgan fingerprint density at radius 1 is 1.29 bits per heavy atom. The van der Waals surface area contributed by atoms with Crippen molar-refractivity contribution in [1.29, 1.82) is 0 Å². The second-order valence-electron chi connectivity index (χ2n) is 6.46. The third-order valence-corrected chi connectivity index (χ3v) is 4.30. The highest BCUT2D eigenvalue weighted by molar-refractivity contribution is 5.85. The molecule has 118 valence electrons. The van der Waals surface area contributed by atoms with E-state index in [2.05, 4.69) is 19.2 Å². The van der Waals surface area contributed by atoms with Gasteiger partial charge in [0.25, 0.3) is 0 Å². The van der Waals surface area contributed by atoms with Crippen molar-refractivity contribution in [3.05, 3.63) is 35.9 Å². The van der Waals surface area contributed by atoms with E-state index in [4.69, 9.17) is 5.73 Å². The van der Waals surface area contributed by atoms with Crippen molar-refractivity contribution in [2.24, 2.45) is 17.1 Å². The van der Waals surface area contributed by atoms with Gasteiger partial charge in [0.15, 0.2) is 0 Å². The summed E-state index contributed by atoms with van der Waals surface area (Å²) in [6.45, 7) is 4.88. The number of nitrogens with two attached hydrogens (primary N) is 1. The summed E-state index contributed by atoms with van der Waals surface area (Å²) >= 11 is 0. The van der Waals surface area contributed by atoms with E-state index < -0.39 is 0 Å². The fraction of sp³-hybridized carbons (Fsp3) is 0.588. The number of hydrogen-bond donors (Lipinski definition) is 2. The first-order valence-corrected chi connectivity index (χ1v) is 7.62. The van der Waals surface area contributed by atoms with E-state index in [9.17, 15) is 4.79 Å². The molecule has 1 aromatic carbocycles. The monoisotopic (exact) mass is 310 g/mol. The molecule has 0 saturated heterocycles. The number of benzene rings is 1. The molecule has 21 heavy (non-hydrogen) atoms. The zero-order valence-electron chi connectivity index (χ0n) is 13.0. The van der Waals surface area contributed by atoms with Crippen LogP contribution in [0.3, 0.4) is 0 Å². The average molecular weight is 311 g/mol. The summed E-state index contributed by atoms with van der Waals surface area (Å²) < 4.78 is 0. The first kappa shape index (κ1) is 18.0. The molecule has 0 aliphatic heterocycles. The highest BCUT2D eigenvalue weighted by Gasteiger charge is 2.44.